The number of hydrogen-bond acceptors (Lipinski definition) is 3. The van der Waals surface area contributed by atoms with Gasteiger partial charge in [0.15, 0.2) is 9.84 Å². The molecule has 1 saturated heterocycles. The van der Waals surface area contributed by atoms with Crippen molar-refractivity contribution in [1.29, 1.82) is 0 Å². The SMILES string of the molecule is O=C(c1ccccc1I)N1CCC(S(=O)(=O)c2ccccc2)C1. The Bertz CT molecular complexity index is 821. The molecule has 1 unspecified atom stereocenters. The first kappa shape index (κ1) is 16.4. The van der Waals surface area contributed by atoms with Gasteiger partial charge in [-0.2, -0.15) is 0 Å². The predicted molar refractivity (Wildman–Crippen MR) is 97.1 cm³/mol. The van der Waals surface area contributed by atoms with Crippen molar-refractivity contribution in [2.75, 3.05) is 13.1 Å². The number of halogens is 1. The average molecular weight is 441 g/mol. The highest BCUT2D eigenvalue weighted by atomic mass is 127. The second-order valence-electron chi connectivity index (χ2n) is 5.50. The summed E-state index contributed by atoms with van der Waals surface area (Å²) in [4.78, 5) is 14.6. The number of benzene rings is 2. The molecule has 0 saturated carbocycles. The molecule has 1 aliphatic heterocycles. The molecule has 0 spiro atoms. The maximum atomic E-state index is 12.7. The summed E-state index contributed by atoms with van der Waals surface area (Å²) in [6, 6.07) is 15.8. The topological polar surface area (TPSA) is 54.5 Å². The third kappa shape index (κ3) is 3.28. The van der Waals surface area contributed by atoms with Crippen LogP contribution < -0.4 is 0 Å². The van der Waals surface area contributed by atoms with Crippen LogP contribution in [-0.2, 0) is 9.84 Å². The van der Waals surface area contributed by atoms with Crippen LogP contribution in [0.3, 0.4) is 0 Å². The van der Waals surface area contributed by atoms with E-state index < -0.39 is 15.1 Å². The van der Waals surface area contributed by atoms with Gasteiger partial charge in [0.05, 0.1) is 15.7 Å². The molecule has 2 aromatic carbocycles. The van der Waals surface area contributed by atoms with Gasteiger partial charge in [-0.1, -0.05) is 30.3 Å². The van der Waals surface area contributed by atoms with Crippen molar-refractivity contribution < 1.29 is 13.2 Å². The molecule has 0 aliphatic carbocycles. The van der Waals surface area contributed by atoms with E-state index in [4.69, 9.17) is 0 Å². The molecule has 0 radical (unpaired) electrons. The Balaban J connectivity index is 1.79. The van der Waals surface area contributed by atoms with Crippen LogP contribution in [0.4, 0.5) is 0 Å². The van der Waals surface area contributed by atoms with Gasteiger partial charge in [-0.15, -0.1) is 0 Å². The van der Waals surface area contributed by atoms with E-state index in [1.54, 1.807) is 41.3 Å². The highest BCUT2D eigenvalue weighted by molar-refractivity contribution is 14.1. The molecule has 2 aromatic rings. The monoisotopic (exact) mass is 441 g/mol. The maximum absolute atomic E-state index is 12.7. The number of sulfone groups is 1. The van der Waals surface area contributed by atoms with Gasteiger partial charge in [0, 0.05) is 16.7 Å². The second kappa shape index (κ2) is 6.60. The zero-order valence-corrected chi connectivity index (χ0v) is 15.3. The van der Waals surface area contributed by atoms with Crippen molar-refractivity contribution in [2.45, 2.75) is 16.6 Å². The highest BCUT2D eigenvalue weighted by Gasteiger charge is 2.36. The molecule has 1 atom stereocenters. The molecule has 0 N–H and O–H groups in total. The fourth-order valence-electron chi connectivity index (χ4n) is 2.77. The first-order valence-electron chi connectivity index (χ1n) is 7.33. The molecule has 1 aliphatic rings. The number of amides is 1. The smallest absolute Gasteiger partial charge is 0.254 e. The first-order chi connectivity index (χ1) is 11.0. The largest absolute Gasteiger partial charge is 0.337 e. The van der Waals surface area contributed by atoms with Crippen LogP contribution in [0.15, 0.2) is 59.5 Å². The zero-order chi connectivity index (χ0) is 16.4. The van der Waals surface area contributed by atoms with Gasteiger partial charge < -0.3 is 4.90 Å². The Morgan fingerprint density at radius 2 is 1.70 bits per heavy atom. The molecule has 6 heteroatoms. The van der Waals surface area contributed by atoms with Gasteiger partial charge >= 0.3 is 0 Å². The van der Waals surface area contributed by atoms with Gasteiger partial charge in [-0.3, -0.25) is 4.79 Å². The highest BCUT2D eigenvalue weighted by Crippen LogP contribution is 2.25. The molecule has 1 fully saturated rings. The van der Waals surface area contributed by atoms with E-state index in [2.05, 4.69) is 22.6 Å². The van der Waals surface area contributed by atoms with Crippen LogP contribution in [0.25, 0.3) is 0 Å². The van der Waals surface area contributed by atoms with Gasteiger partial charge in [0.1, 0.15) is 0 Å². The van der Waals surface area contributed by atoms with Crippen molar-refractivity contribution in [2.24, 2.45) is 0 Å². The number of nitrogens with zero attached hydrogens (tertiary/aromatic N) is 1. The van der Waals surface area contributed by atoms with E-state index in [0.717, 1.165) is 3.57 Å². The minimum Gasteiger partial charge on any atom is -0.337 e. The van der Waals surface area contributed by atoms with Crippen molar-refractivity contribution in [3.05, 3.63) is 63.7 Å². The summed E-state index contributed by atoms with van der Waals surface area (Å²) >= 11 is 2.13. The van der Waals surface area contributed by atoms with E-state index in [-0.39, 0.29) is 12.5 Å². The van der Waals surface area contributed by atoms with Crippen molar-refractivity contribution in [3.8, 4) is 0 Å². The summed E-state index contributed by atoms with van der Waals surface area (Å²) < 4.78 is 26.2. The van der Waals surface area contributed by atoms with Gasteiger partial charge in [0.25, 0.3) is 5.91 Å². The number of likely N-dealkylation sites (tertiary alicyclic amines) is 1. The molecule has 4 nitrogen and oxygen atoms in total. The van der Waals surface area contributed by atoms with Crippen LogP contribution in [0.5, 0.6) is 0 Å². The van der Waals surface area contributed by atoms with Gasteiger partial charge in [-0.25, -0.2) is 8.42 Å². The fourth-order valence-corrected chi connectivity index (χ4v) is 5.10. The molecule has 23 heavy (non-hydrogen) atoms. The van der Waals surface area contributed by atoms with Gasteiger partial charge in [0.2, 0.25) is 0 Å². The number of rotatable bonds is 3. The Morgan fingerprint density at radius 3 is 2.39 bits per heavy atom. The normalized spacial score (nSPS) is 18.1. The van der Waals surface area contributed by atoms with Crippen LogP contribution in [0.1, 0.15) is 16.8 Å². The second-order valence-corrected chi connectivity index (χ2v) is 8.89. The average Bonchev–Trinajstić information content (AvgIpc) is 3.06. The van der Waals surface area contributed by atoms with Crippen molar-refractivity contribution in [1.82, 2.24) is 4.90 Å². The Hall–Kier alpha value is -1.41. The zero-order valence-electron chi connectivity index (χ0n) is 12.4. The molecule has 3 rings (SSSR count). The third-order valence-electron chi connectivity index (χ3n) is 4.05. The summed E-state index contributed by atoms with van der Waals surface area (Å²) in [5.41, 5.74) is 0.630. The lowest BCUT2D eigenvalue weighted by atomic mass is 10.2. The minimum atomic E-state index is -3.39. The summed E-state index contributed by atoms with van der Waals surface area (Å²) in [5.74, 6) is -0.0965. The van der Waals surface area contributed by atoms with E-state index in [9.17, 15) is 13.2 Å². The Kier molecular flexibility index (Phi) is 4.72. The van der Waals surface area contributed by atoms with Crippen LogP contribution in [0, 0.1) is 3.57 Å². The standard InChI is InChI=1S/C17H16INO3S/c18-16-9-5-4-8-15(16)17(20)19-11-10-14(12-19)23(21,22)13-6-2-1-3-7-13/h1-9,14H,10-12H2. The summed E-state index contributed by atoms with van der Waals surface area (Å²) in [6.45, 7) is 0.724. The van der Waals surface area contributed by atoms with Crippen LogP contribution in [0.2, 0.25) is 0 Å². The number of carbonyl (C=O) groups excluding carboxylic acids is 1. The van der Waals surface area contributed by atoms with Crippen molar-refractivity contribution in [3.63, 3.8) is 0 Å². The van der Waals surface area contributed by atoms with Crippen molar-refractivity contribution >= 4 is 38.3 Å². The first-order valence-corrected chi connectivity index (χ1v) is 9.95. The molecule has 1 heterocycles. The molecule has 0 aromatic heterocycles. The minimum absolute atomic E-state index is 0.0965. The van der Waals surface area contributed by atoms with Crippen LogP contribution >= 0.6 is 22.6 Å². The fraction of sp³-hybridized carbons (Fsp3) is 0.235. The maximum Gasteiger partial charge on any atom is 0.254 e. The predicted octanol–water partition coefficient (Wildman–Crippen LogP) is 2.98. The Labute approximate surface area is 149 Å². The van der Waals surface area contributed by atoms with Crippen LogP contribution in [-0.4, -0.2) is 37.6 Å². The van der Waals surface area contributed by atoms with Gasteiger partial charge in [-0.05, 0) is 53.3 Å². The summed E-state index contributed by atoms with van der Waals surface area (Å²) in [7, 11) is -3.39. The van der Waals surface area contributed by atoms with E-state index in [0.29, 0.717) is 23.4 Å². The van der Waals surface area contributed by atoms with E-state index in [1.165, 1.54) is 0 Å². The molecule has 0 bridgehead atoms. The van der Waals surface area contributed by atoms with E-state index >= 15 is 0 Å². The summed E-state index contributed by atoms with van der Waals surface area (Å²) in [5, 5.41) is -0.532. The lowest BCUT2D eigenvalue weighted by Gasteiger charge is -2.17. The molecular weight excluding hydrogens is 425 g/mol. The number of hydrogen-bond donors (Lipinski definition) is 0. The quantitative estimate of drug-likeness (QED) is 0.689. The molecule has 120 valence electrons. The molecular formula is C17H16INO3S. The third-order valence-corrected chi connectivity index (χ3v) is 7.18. The Morgan fingerprint density at radius 1 is 1.04 bits per heavy atom. The summed E-state index contributed by atoms with van der Waals surface area (Å²) in [6.07, 6.45) is 0.479. The lowest BCUT2D eigenvalue weighted by molar-refractivity contribution is 0.0792. The van der Waals surface area contributed by atoms with E-state index in [1.807, 2.05) is 18.2 Å². The molecule has 1 amide bonds. The lowest BCUT2D eigenvalue weighted by Crippen LogP contribution is -2.32. The number of carbonyl (C=O) groups is 1.